The number of likely N-dealkylation sites (tertiary alicyclic amines) is 1. The van der Waals surface area contributed by atoms with Crippen LogP contribution in [0.4, 0.5) is 0 Å². The molecule has 1 aliphatic rings. The number of hydrogen-bond donors (Lipinski definition) is 1. The fraction of sp³-hybridized carbons (Fsp3) is 0.714. The average Bonchev–Trinajstić information content (AvgIpc) is 3.06. The van der Waals surface area contributed by atoms with E-state index >= 15 is 0 Å². The predicted molar refractivity (Wildman–Crippen MR) is 74.5 cm³/mol. The molecule has 1 aliphatic heterocycles. The van der Waals surface area contributed by atoms with Crippen LogP contribution in [-0.2, 0) is 4.79 Å². The Morgan fingerprint density at radius 2 is 1.95 bits per heavy atom. The molecule has 0 saturated carbocycles. The lowest BCUT2D eigenvalue weighted by atomic mass is 10.0. The predicted octanol–water partition coefficient (Wildman–Crippen LogP) is 1.72. The van der Waals surface area contributed by atoms with E-state index in [1.54, 1.807) is 12.5 Å². The monoisotopic (exact) mass is 264 g/mol. The van der Waals surface area contributed by atoms with Crippen LogP contribution >= 0.6 is 0 Å². The van der Waals surface area contributed by atoms with Crippen LogP contribution in [0.3, 0.4) is 0 Å². The van der Waals surface area contributed by atoms with E-state index in [0.717, 1.165) is 31.6 Å². The zero-order valence-corrected chi connectivity index (χ0v) is 12.0. The molecule has 2 unspecified atom stereocenters. The molecule has 0 aromatic carbocycles. The SMILES string of the molecule is CC(C)C(N)c1cncn1C(C)C(=O)N1CCCC1. The Balaban J connectivity index is 2.17. The van der Waals surface area contributed by atoms with E-state index in [2.05, 4.69) is 18.8 Å². The van der Waals surface area contributed by atoms with E-state index in [4.69, 9.17) is 5.73 Å². The van der Waals surface area contributed by atoms with E-state index in [1.807, 2.05) is 16.4 Å². The minimum atomic E-state index is -0.222. The fourth-order valence-electron chi connectivity index (χ4n) is 2.56. The molecule has 19 heavy (non-hydrogen) atoms. The van der Waals surface area contributed by atoms with Crippen molar-refractivity contribution in [2.24, 2.45) is 11.7 Å². The number of nitrogens with two attached hydrogens (primary N) is 1. The summed E-state index contributed by atoms with van der Waals surface area (Å²) in [5, 5.41) is 0. The van der Waals surface area contributed by atoms with Gasteiger partial charge in [-0.1, -0.05) is 13.8 Å². The van der Waals surface area contributed by atoms with Crippen LogP contribution < -0.4 is 5.73 Å². The van der Waals surface area contributed by atoms with Gasteiger partial charge in [0, 0.05) is 25.3 Å². The molecule has 2 rings (SSSR count). The highest BCUT2D eigenvalue weighted by Crippen LogP contribution is 2.23. The van der Waals surface area contributed by atoms with Crippen molar-refractivity contribution in [3.05, 3.63) is 18.2 Å². The molecule has 0 spiro atoms. The molecule has 106 valence electrons. The first kappa shape index (κ1) is 14.1. The first-order valence-corrected chi connectivity index (χ1v) is 7.08. The summed E-state index contributed by atoms with van der Waals surface area (Å²) in [6.45, 7) is 7.84. The van der Waals surface area contributed by atoms with Gasteiger partial charge in [0.15, 0.2) is 0 Å². The molecule has 2 atom stereocenters. The number of rotatable bonds is 4. The van der Waals surface area contributed by atoms with Crippen molar-refractivity contribution in [3.63, 3.8) is 0 Å². The third-order valence-corrected chi connectivity index (χ3v) is 3.95. The van der Waals surface area contributed by atoms with Crippen LogP contribution in [0.1, 0.15) is 51.4 Å². The summed E-state index contributed by atoms with van der Waals surface area (Å²) in [5.74, 6) is 0.497. The lowest BCUT2D eigenvalue weighted by Crippen LogP contribution is -2.35. The zero-order valence-electron chi connectivity index (χ0n) is 12.0. The number of aromatic nitrogens is 2. The molecule has 0 bridgehead atoms. The van der Waals surface area contributed by atoms with Crippen LogP contribution in [0.5, 0.6) is 0 Å². The molecule has 0 radical (unpaired) electrons. The highest BCUT2D eigenvalue weighted by molar-refractivity contribution is 5.80. The third kappa shape index (κ3) is 2.81. The summed E-state index contributed by atoms with van der Waals surface area (Å²) < 4.78 is 1.92. The standard InChI is InChI=1S/C14H24N4O/c1-10(2)13(15)12-8-16-9-18(12)11(3)14(19)17-6-4-5-7-17/h8-11,13H,4-7,15H2,1-3H3. The van der Waals surface area contributed by atoms with Crippen molar-refractivity contribution < 1.29 is 4.79 Å². The van der Waals surface area contributed by atoms with Gasteiger partial charge in [-0.3, -0.25) is 4.79 Å². The van der Waals surface area contributed by atoms with Crippen molar-refractivity contribution in [3.8, 4) is 0 Å². The first-order valence-electron chi connectivity index (χ1n) is 7.08. The minimum absolute atomic E-state index is 0.0867. The molecule has 1 aromatic rings. The maximum atomic E-state index is 12.4. The summed E-state index contributed by atoms with van der Waals surface area (Å²) in [7, 11) is 0. The van der Waals surface area contributed by atoms with Crippen LogP contribution in [-0.4, -0.2) is 33.4 Å². The Kier molecular flexibility index (Phi) is 4.24. The maximum Gasteiger partial charge on any atom is 0.245 e. The van der Waals surface area contributed by atoms with Crippen LogP contribution in [0.15, 0.2) is 12.5 Å². The van der Waals surface area contributed by atoms with Gasteiger partial charge in [0.2, 0.25) is 5.91 Å². The van der Waals surface area contributed by atoms with Crippen molar-refractivity contribution in [2.75, 3.05) is 13.1 Å². The highest BCUT2D eigenvalue weighted by Gasteiger charge is 2.27. The van der Waals surface area contributed by atoms with Crippen molar-refractivity contribution in [1.82, 2.24) is 14.5 Å². The molecule has 1 amide bonds. The van der Waals surface area contributed by atoms with Crippen molar-refractivity contribution >= 4 is 5.91 Å². The Morgan fingerprint density at radius 1 is 1.32 bits per heavy atom. The Hall–Kier alpha value is -1.36. The molecule has 1 aromatic heterocycles. The largest absolute Gasteiger partial charge is 0.341 e. The second kappa shape index (κ2) is 5.74. The lowest BCUT2D eigenvalue weighted by molar-refractivity contribution is -0.133. The molecule has 2 N–H and O–H groups in total. The molecular weight excluding hydrogens is 240 g/mol. The molecule has 1 saturated heterocycles. The second-order valence-corrected chi connectivity index (χ2v) is 5.70. The van der Waals surface area contributed by atoms with Gasteiger partial charge in [0.05, 0.1) is 12.0 Å². The van der Waals surface area contributed by atoms with Gasteiger partial charge in [0.25, 0.3) is 0 Å². The topological polar surface area (TPSA) is 64.1 Å². The average molecular weight is 264 g/mol. The van der Waals surface area contributed by atoms with Gasteiger partial charge in [0.1, 0.15) is 6.04 Å². The number of amides is 1. The third-order valence-electron chi connectivity index (χ3n) is 3.95. The van der Waals surface area contributed by atoms with E-state index < -0.39 is 0 Å². The van der Waals surface area contributed by atoms with Gasteiger partial charge in [-0.15, -0.1) is 0 Å². The van der Waals surface area contributed by atoms with Gasteiger partial charge in [-0.25, -0.2) is 4.98 Å². The first-order chi connectivity index (χ1) is 9.02. The number of hydrogen-bond acceptors (Lipinski definition) is 3. The molecule has 2 heterocycles. The van der Waals surface area contributed by atoms with Gasteiger partial charge >= 0.3 is 0 Å². The number of carbonyl (C=O) groups is 1. The highest BCUT2D eigenvalue weighted by atomic mass is 16.2. The molecular formula is C14H24N4O. The minimum Gasteiger partial charge on any atom is -0.341 e. The second-order valence-electron chi connectivity index (χ2n) is 5.70. The molecule has 0 aliphatic carbocycles. The quantitative estimate of drug-likeness (QED) is 0.900. The summed E-state index contributed by atoms with van der Waals surface area (Å²) in [5.41, 5.74) is 7.13. The Labute approximate surface area is 114 Å². The van der Waals surface area contributed by atoms with Gasteiger partial charge in [-0.2, -0.15) is 0 Å². The summed E-state index contributed by atoms with van der Waals surface area (Å²) >= 11 is 0. The van der Waals surface area contributed by atoms with E-state index in [9.17, 15) is 4.79 Å². The Morgan fingerprint density at radius 3 is 2.53 bits per heavy atom. The van der Waals surface area contributed by atoms with Crippen LogP contribution in [0.25, 0.3) is 0 Å². The normalized spacial score (nSPS) is 18.9. The number of nitrogens with zero attached hydrogens (tertiary/aromatic N) is 3. The Bertz CT molecular complexity index is 434. The smallest absolute Gasteiger partial charge is 0.245 e. The van der Waals surface area contributed by atoms with Crippen molar-refractivity contribution in [1.29, 1.82) is 0 Å². The summed E-state index contributed by atoms with van der Waals surface area (Å²) in [4.78, 5) is 18.5. The number of carbonyl (C=O) groups excluding carboxylic acids is 1. The molecule has 5 nitrogen and oxygen atoms in total. The lowest BCUT2D eigenvalue weighted by Gasteiger charge is -2.25. The van der Waals surface area contributed by atoms with E-state index in [1.165, 1.54) is 0 Å². The van der Waals surface area contributed by atoms with Crippen LogP contribution in [0.2, 0.25) is 0 Å². The number of imidazole rings is 1. The molecule has 1 fully saturated rings. The summed E-state index contributed by atoms with van der Waals surface area (Å²) in [6, 6.07) is -0.309. The van der Waals surface area contributed by atoms with Gasteiger partial charge in [-0.05, 0) is 25.7 Å². The summed E-state index contributed by atoms with van der Waals surface area (Å²) in [6.07, 6.45) is 5.72. The van der Waals surface area contributed by atoms with E-state index in [-0.39, 0.29) is 18.0 Å². The molecule has 5 heteroatoms. The van der Waals surface area contributed by atoms with Gasteiger partial charge < -0.3 is 15.2 Å². The zero-order chi connectivity index (χ0) is 14.0. The van der Waals surface area contributed by atoms with E-state index in [0.29, 0.717) is 5.92 Å². The fourth-order valence-corrected chi connectivity index (χ4v) is 2.56. The maximum absolute atomic E-state index is 12.4. The van der Waals surface area contributed by atoms with Crippen LogP contribution in [0, 0.1) is 5.92 Å². The van der Waals surface area contributed by atoms with Crippen molar-refractivity contribution in [2.45, 2.75) is 45.7 Å².